The Morgan fingerprint density at radius 3 is 2.58 bits per heavy atom. The largest absolute Gasteiger partial charge is 0.417 e. The van der Waals surface area contributed by atoms with Crippen molar-refractivity contribution in [3.63, 3.8) is 0 Å². The molecule has 0 aliphatic carbocycles. The van der Waals surface area contributed by atoms with E-state index in [1.54, 1.807) is 24.3 Å². The molecule has 0 spiro atoms. The minimum Gasteiger partial charge on any atom is -0.307 e. The number of rotatable bonds is 2. The van der Waals surface area contributed by atoms with Gasteiger partial charge in [0, 0.05) is 5.02 Å². The van der Waals surface area contributed by atoms with Gasteiger partial charge in [0.25, 0.3) is 0 Å². The second kappa shape index (κ2) is 5.73. The molecule has 0 aliphatic heterocycles. The zero-order chi connectivity index (χ0) is 17.5. The van der Waals surface area contributed by atoms with Crippen LogP contribution in [0.1, 0.15) is 11.1 Å². The van der Waals surface area contributed by atoms with Gasteiger partial charge in [-0.15, -0.1) is 0 Å². The van der Waals surface area contributed by atoms with Crippen molar-refractivity contribution in [2.75, 3.05) is 0 Å². The lowest BCUT2D eigenvalue weighted by Crippen LogP contribution is -2.19. The van der Waals surface area contributed by atoms with Gasteiger partial charge in [-0.3, -0.25) is 4.57 Å². The molecule has 0 unspecified atom stereocenters. The maximum atomic E-state index is 13.4. The Hall–Kier alpha value is -2.72. The molecule has 0 atom stereocenters. The number of aromatic amines is 1. The van der Waals surface area contributed by atoms with Crippen molar-refractivity contribution in [1.29, 1.82) is 0 Å². The monoisotopic (exact) mass is 351 g/mol. The number of alkyl halides is 3. The molecule has 8 heteroatoms. The van der Waals surface area contributed by atoms with Crippen molar-refractivity contribution in [2.24, 2.45) is 0 Å². The van der Waals surface area contributed by atoms with Crippen LogP contribution in [0, 0.1) is 6.57 Å². The zero-order valence-corrected chi connectivity index (χ0v) is 12.7. The predicted molar refractivity (Wildman–Crippen MR) is 84.4 cm³/mol. The maximum Gasteiger partial charge on any atom is 0.417 e. The fourth-order valence-electron chi connectivity index (χ4n) is 2.52. The summed E-state index contributed by atoms with van der Waals surface area (Å²) in [5, 5.41) is 0.352. The number of nitrogens with one attached hydrogen (secondary N) is 1. The number of nitrogens with zero attached hydrogens (tertiary/aromatic N) is 2. The first-order valence-corrected chi connectivity index (χ1v) is 7.13. The molecule has 1 N–H and O–H groups in total. The van der Waals surface area contributed by atoms with E-state index < -0.39 is 17.4 Å². The molecule has 1 heterocycles. The first-order valence-electron chi connectivity index (χ1n) is 6.76. The third-order valence-corrected chi connectivity index (χ3v) is 3.94. The second-order valence-corrected chi connectivity index (χ2v) is 5.51. The molecule has 0 aliphatic rings. The highest BCUT2D eigenvalue weighted by molar-refractivity contribution is 6.31. The standard InChI is InChI=1S/C16H9ClF3N3O/c1-21-10-6-11(16(18,19)20)14-13(7-10)22-15(24)23(14)8-9-4-2-3-5-12(9)17/h2-7H,8H2,(H,22,24). The lowest BCUT2D eigenvalue weighted by Gasteiger charge is -2.12. The van der Waals surface area contributed by atoms with Gasteiger partial charge in [-0.1, -0.05) is 29.8 Å². The Morgan fingerprint density at radius 2 is 1.96 bits per heavy atom. The molecule has 0 saturated heterocycles. The van der Waals surface area contributed by atoms with Gasteiger partial charge in [-0.2, -0.15) is 13.2 Å². The highest BCUT2D eigenvalue weighted by atomic mass is 35.5. The summed E-state index contributed by atoms with van der Waals surface area (Å²) in [6.07, 6.45) is -4.70. The second-order valence-electron chi connectivity index (χ2n) is 5.11. The third-order valence-electron chi connectivity index (χ3n) is 3.57. The quantitative estimate of drug-likeness (QED) is 0.674. The lowest BCUT2D eigenvalue weighted by atomic mass is 10.1. The molecule has 1 aromatic heterocycles. The summed E-state index contributed by atoms with van der Waals surface area (Å²) in [6, 6.07) is 8.57. The fourth-order valence-corrected chi connectivity index (χ4v) is 2.71. The van der Waals surface area contributed by atoms with E-state index in [1.807, 2.05) is 0 Å². The summed E-state index contributed by atoms with van der Waals surface area (Å²) in [5.41, 5.74) is -1.73. The summed E-state index contributed by atoms with van der Waals surface area (Å²) in [5.74, 6) is 0. The van der Waals surface area contributed by atoms with Crippen LogP contribution in [0.4, 0.5) is 18.9 Å². The number of hydrogen-bond acceptors (Lipinski definition) is 1. The number of halogens is 4. The number of benzene rings is 2. The Labute approximate surface area is 138 Å². The van der Waals surface area contributed by atoms with Crippen LogP contribution < -0.4 is 5.69 Å². The van der Waals surface area contributed by atoms with E-state index in [2.05, 4.69) is 9.83 Å². The number of hydrogen-bond donors (Lipinski definition) is 1. The van der Waals surface area contributed by atoms with Gasteiger partial charge in [-0.25, -0.2) is 9.64 Å². The molecular weight excluding hydrogens is 343 g/mol. The van der Waals surface area contributed by atoms with E-state index in [9.17, 15) is 18.0 Å². The Balaban J connectivity index is 2.30. The van der Waals surface area contributed by atoms with Crippen LogP contribution in [-0.2, 0) is 12.7 Å². The van der Waals surface area contributed by atoms with E-state index >= 15 is 0 Å². The van der Waals surface area contributed by atoms with Crippen LogP contribution in [0.3, 0.4) is 0 Å². The maximum absolute atomic E-state index is 13.4. The molecule has 0 radical (unpaired) electrons. The van der Waals surface area contributed by atoms with Crippen molar-refractivity contribution in [1.82, 2.24) is 9.55 Å². The average molecular weight is 352 g/mol. The number of H-pyrrole nitrogens is 1. The van der Waals surface area contributed by atoms with Crippen LogP contribution in [0.15, 0.2) is 41.2 Å². The molecule has 3 aromatic rings. The van der Waals surface area contributed by atoms with Crippen molar-refractivity contribution < 1.29 is 13.2 Å². The van der Waals surface area contributed by atoms with Crippen molar-refractivity contribution in [3.8, 4) is 0 Å². The minimum absolute atomic E-state index is 0.0344. The Kier molecular flexibility index (Phi) is 3.85. The Morgan fingerprint density at radius 1 is 1.25 bits per heavy atom. The van der Waals surface area contributed by atoms with Crippen molar-refractivity contribution in [2.45, 2.75) is 12.7 Å². The van der Waals surface area contributed by atoms with Gasteiger partial charge in [0.15, 0.2) is 5.69 Å². The van der Waals surface area contributed by atoms with E-state index in [1.165, 1.54) is 6.07 Å². The van der Waals surface area contributed by atoms with Crippen LogP contribution >= 0.6 is 11.6 Å². The van der Waals surface area contributed by atoms with Gasteiger partial charge in [0.05, 0.1) is 29.7 Å². The first kappa shape index (κ1) is 16.1. The molecule has 0 bridgehead atoms. The van der Waals surface area contributed by atoms with Crippen LogP contribution in [0.2, 0.25) is 5.02 Å². The summed E-state index contributed by atoms with van der Waals surface area (Å²) >= 11 is 6.03. The summed E-state index contributed by atoms with van der Waals surface area (Å²) in [4.78, 5) is 17.6. The minimum atomic E-state index is -4.70. The Bertz CT molecular complexity index is 1030. The summed E-state index contributed by atoms with van der Waals surface area (Å²) in [6.45, 7) is 6.82. The lowest BCUT2D eigenvalue weighted by molar-refractivity contribution is -0.136. The number of fused-ring (bicyclic) bond motifs is 1. The van der Waals surface area contributed by atoms with Crippen molar-refractivity contribution >= 4 is 28.3 Å². The first-order chi connectivity index (χ1) is 11.3. The van der Waals surface area contributed by atoms with Crippen molar-refractivity contribution in [3.05, 3.63) is 74.4 Å². The van der Waals surface area contributed by atoms with E-state index in [0.29, 0.717) is 10.6 Å². The summed E-state index contributed by atoms with van der Waals surface area (Å²) in [7, 11) is 0. The normalized spacial score (nSPS) is 11.6. The van der Waals surface area contributed by atoms with Crippen LogP contribution in [0.5, 0.6) is 0 Å². The zero-order valence-electron chi connectivity index (χ0n) is 12.0. The molecule has 3 rings (SSSR count). The van der Waals surface area contributed by atoms with Gasteiger partial charge in [-0.05, 0) is 23.8 Å². The fraction of sp³-hybridized carbons (Fsp3) is 0.125. The van der Waals surface area contributed by atoms with Crippen LogP contribution in [0.25, 0.3) is 15.9 Å². The highest BCUT2D eigenvalue weighted by Crippen LogP contribution is 2.37. The number of imidazole rings is 1. The third kappa shape index (κ3) is 2.76. The average Bonchev–Trinajstić information content (AvgIpc) is 2.83. The molecule has 2 aromatic carbocycles. The van der Waals surface area contributed by atoms with Crippen LogP contribution in [-0.4, -0.2) is 9.55 Å². The topological polar surface area (TPSA) is 42.1 Å². The summed E-state index contributed by atoms with van der Waals surface area (Å²) < 4.78 is 41.1. The molecule has 0 amide bonds. The van der Waals surface area contributed by atoms with E-state index in [-0.39, 0.29) is 23.3 Å². The van der Waals surface area contributed by atoms with E-state index in [0.717, 1.165) is 10.6 Å². The molecule has 122 valence electrons. The predicted octanol–water partition coefficient (Wildman–Crippen LogP) is 4.60. The van der Waals surface area contributed by atoms with Gasteiger partial charge >= 0.3 is 11.9 Å². The molecule has 4 nitrogen and oxygen atoms in total. The SMILES string of the molecule is [C-]#[N+]c1cc(C(F)(F)F)c2c(c1)[nH]c(=O)n2Cc1ccccc1Cl. The highest BCUT2D eigenvalue weighted by Gasteiger charge is 2.35. The van der Waals surface area contributed by atoms with E-state index in [4.69, 9.17) is 18.2 Å². The molecule has 24 heavy (non-hydrogen) atoms. The van der Waals surface area contributed by atoms with Gasteiger partial charge < -0.3 is 4.98 Å². The number of aromatic nitrogens is 2. The van der Waals surface area contributed by atoms with Gasteiger partial charge in [0.1, 0.15) is 0 Å². The smallest absolute Gasteiger partial charge is 0.307 e. The molecular formula is C16H9ClF3N3O. The molecule has 0 saturated carbocycles. The molecule has 0 fully saturated rings. The van der Waals surface area contributed by atoms with Gasteiger partial charge in [0.2, 0.25) is 0 Å².